The van der Waals surface area contributed by atoms with E-state index in [4.69, 9.17) is 10.7 Å². The van der Waals surface area contributed by atoms with Crippen LogP contribution in [0.2, 0.25) is 0 Å². The molecular formula is C17H19N3S. The maximum atomic E-state index is 5.91. The first-order valence-corrected chi connectivity index (χ1v) is 7.93. The predicted octanol–water partition coefficient (Wildman–Crippen LogP) is 3.95. The zero-order valence-electron chi connectivity index (χ0n) is 12.3. The Balaban J connectivity index is 2.03. The molecular weight excluding hydrogens is 278 g/mol. The number of para-hydroxylation sites is 1. The summed E-state index contributed by atoms with van der Waals surface area (Å²) >= 11 is 1.77. The van der Waals surface area contributed by atoms with E-state index in [1.54, 1.807) is 11.3 Å². The molecule has 108 valence electrons. The molecule has 2 heterocycles. The lowest BCUT2D eigenvalue weighted by Gasteiger charge is -2.26. The van der Waals surface area contributed by atoms with Crippen LogP contribution in [0.4, 0.5) is 5.82 Å². The summed E-state index contributed by atoms with van der Waals surface area (Å²) in [5.74, 6) is 0.968. The summed E-state index contributed by atoms with van der Waals surface area (Å²) in [6.07, 6.45) is 0. The Labute approximate surface area is 129 Å². The summed E-state index contributed by atoms with van der Waals surface area (Å²) in [5, 5.41) is 3.25. The molecule has 21 heavy (non-hydrogen) atoms. The van der Waals surface area contributed by atoms with Crippen LogP contribution in [0.3, 0.4) is 0 Å². The van der Waals surface area contributed by atoms with Crippen molar-refractivity contribution in [2.24, 2.45) is 5.73 Å². The van der Waals surface area contributed by atoms with E-state index < -0.39 is 0 Å². The van der Waals surface area contributed by atoms with Crippen molar-refractivity contribution in [3.05, 3.63) is 58.3 Å². The van der Waals surface area contributed by atoms with Crippen LogP contribution in [-0.2, 0) is 6.54 Å². The van der Waals surface area contributed by atoms with Crippen molar-refractivity contribution in [1.29, 1.82) is 0 Å². The number of hydrogen-bond acceptors (Lipinski definition) is 4. The Morgan fingerprint density at radius 3 is 2.76 bits per heavy atom. The third-order valence-corrected chi connectivity index (χ3v) is 4.95. The fourth-order valence-corrected chi connectivity index (χ4v) is 3.33. The third kappa shape index (κ3) is 2.64. The summed E-state index contributed by atoms with van der Waals surface area (Å²) in [4.78, 5) is 8.33. The molecule has 0 aliphatic heterocycles. The van der Waals surface area contributed by atoms with Gasteiger partial charge in [0, 0.05) is 23.9 Å². The number of aromatic nitrogens is 1. The van der Waals surface area contributed by atoms with Gasteiger partial charge in [0.1, 0.15) is 5.82 Å². The zero-order valence-corrected chi connectivity index (χ0v) is 13.1. The van der Waals surface area contributed by atoms with Crippen LogP contribution in [0.5, 0.6) is 0 Å². The van der Waals surface area contributed by atoms with Gasteiger partial charge in [-0.1, -0.05) is 24.3 Å². The molecule has 0 fully saturated rings. The number of fused-ring (bicyclic) bond motifs is 1. The van der Waals surface area contributed by atoms with Gasteiger partial charge in [0.25, 0.3) is 0 Å². The van der Waals surface area contributed by atoms with E-state index in [0.29, 0.717) is 12.6 Å². The number of rotatable bonds is 4. The number of nitrogens with zero attached hydrogens (tertiary/aromatic N) is 2. The van der Waals surface area contributed by atoms with Gasteiger partial charge in [-0.05, 0) is 36.1 Å². The first-order valence-electron chi connectivity index (χ1n) is 7.05. The van der Waals surface area contributed by atoms with Gasteiger partial charge >= 0.3 is 0 Å². The van der Waals surface area contributed by atoms with E-state index in [0.717, 1.165) is 22.3 Å². The number of nitrogens with two attached hydrogens (primary N) is 1. The van der Waals surface area contributed by atoms with E-state index in [1.807, 2.05) is 18.2 Å². The largest absolute Gasteiger partial charge is 0.352 e. The molecule has 1 atom stereocenters. The Bertz CT molecular complexity index is 737. The molecule has 0 bridgehead atoms. The molecule has 0 radical (unpaired) electrons. The highest BCUT2D eigenvalue weighted by atomic mass is 32.1. The van der Waals surface area contributed by atoms with Crippen LogP contribution in [0.15, 0.2) is 47.8 Å². The lowest BCUT2D eigenvalue weighted by molar-refractivity contribution is 0.743. The van der Waals surface area contributed by atoms with Crippen LogP contribution in [-0.4, -0.2) is 12.0 Å². The van der Waals surface area contributed by atoms with Crippen molar-refractivity contribution >= 4 is 28.1 Å². The van der Waals surface area contributed by atoms with Crippen molar-refractivity contribution in [3.8, 4) is 0 Å². The quantitative estimate of drug-likeness (QED) is 0.793. The average molecular weight is 297 g/mol. The fourth-order valence-electron chi connectivity index (χ4n) is 2.50. The molecule has 4 heteroatoms. The SMILES string of the molecule is CC(c1cccs1)N(C)c1cc(CN)c2ccccc2n1. The van der Waals surface area contributed by atoms with E-state index in [9.17, 15) is 0 Å². The second-order valence-corrected chi connectivity index (χ2v) is 6.14. The monoisotopic (exact) mass is 297 g/mol. The highest BCUT2D eigenvalue weighted by molar-refractivity contribution is 7.10. The lowest BCUT2D eigenvalue weighted by atomic mass is 10.1. The highest BCUT2D eigenvalue weighted by Crippen LogP contribution is 2.29. The van der Waals surface area contributed by atoms with Crippen LogP contribution in [0.1, 0.15) is 23.4 Å². The Morgan fingerprint density at radius 2 is 2.05 bits per heavy atom. The maximum absolute atomic E-state index is 5.91. The molecule has 0 spiro atoms. The molecule has 3 aromatic rings. The van der Waals surface area contributed by atoms with Gasteiger partial charge in [-0.3, -0.25) is 0 Å². The molecule has 0 saturated carbocycles. The van der Waals surface area contributed by atoms with Gasteiger partial charge < -0.3 is 10.6 Å². The van der Waals surface area contributed by atoms with Crippen LogP contribution < -0.4 is 10.6 Å². The molecule has 0 aliphatic carbocycles. The molecule has 0 saturated heterocycles. The molecule has 1 unspecified atom stereocenters. The van der Waals surface area contributed by atoms with Gasteiger partial charge in [-0.2, -0.15) is 0 Å². The molecule has 3 rings (SSSR count). The summed E-state index contributed by atoms with van der Waals surface area (Å²) in [6, 6.07) is 14.8. The number of benzene rings is 1. The van der Waals surface area contributed by atoms with Crippen molar-refractivity contribution in [2.45, 2.75) is 19.5 Å². The van der Waals surface area contributed by atoms with Crippen LogP contribution >= 0.6 is 11.3 Å². The van der Waals surface area contributed by atoms with Crippen molar-refractivity contribution in [1.82, 2.24) is 4.98 Å². The molecule has 2 N–H and O–H groups in total. The Kier molecular flexibility index (Phi) is 3.90. The summed E-state index contributed by atoms with van der Waals surface area (Å²) in [6.45, 7) is 2.72. The van der Waals surface area contributed by atoms with E-state index in [2.05, 4.69) is 48.5 Å². The summed E-state index contributed by atoms with van der Waals surface area (Å²) in [5.41, 5.74) is 8.05. The lowest BCUT2D eigenvalue weighted by Crippen LogP contribution is -2.22. The number of anilines is 1. The smallest absolute Gasteiger partial charge is 0.129 e. The standard InChI is InChI=1S/C17H19N3S/c1-12(16-8-5-9-21-16)20(2)17-10-13(11-18)14-6-3-4-7-15(14)19-17/h3-10,12H,11,18H2,1-2H3. The molecule has 0 amide bonds. The Hall–Kier alpha value is -1.91. The first kappa shape index (κ1) is 14.0. The minimum absolute atomic E-state index is 0.296. The van der Waals surface area contributed by atoms with Gasteiger partial charge in [-0.15, -0.1) is 11.3 Å². The van der Waals surface area contributed by atoms with Crippen molar-refractivity contribution in [3.63, 3.8) is 0 Å². The molecule has 3 nitrogen and oxygen atoms in total. The van der Waals surface area contributed by atoms with Gasteiger partial charge in [-0.25, -0.2) is 4.98 Å². The average Bonchev–Trinajstić information content (AvgIpc) is 3.06. The number of thiophene rings is 1. The summed E-state index contributed by atoms with van der Waals surface area (Å²) in [7, 11) is 2.09. The topological polar surface area (TPSA) is 42.1 Å². The van der Waals surface area contributed by atoms with E-state index >= 15 is 0 Å². The van der Waals surface area contributed by atoms with E-state index in [-0.39, 0.29) is 0 Å². The van der Waals surface area contributed by atoms with Gasteiger partial charge in [0.15, 0.2) is 0 Å². The van der Waals surface area contributed by atoms with Crippen molar-refractivity contribution in [2.75, 3.05) is 11.9 Å². The number of pyridine rings is 1. The minimum atomic E-state index is 0.296. The molecule has 1 aromatic carbocycles. The fraction of sp³-hybridized carbons (Fsp3) is 0.235. The van der Waals surface area contributed by atoms with Crippen LogP contribution in [0.25, 0.3) is 10.9 Å². The second-order valence-electron chi connectivity index (χ2n) is 5.16. The predicted molar refractivity (Wildman–Crippen MR) is 90.8 cm³/mol. The number of hydrogen-bond donors (Lipinski definition) is 1. The first-order chi connectivity index (χ1) is 10.2. The highest BCUT2D eigenvalue weighted by Gasteiger charge is 2.15. The Morgan fingerprint density at radius 1 is 1.24 bits per heavy atom. The second kappa shape index (κ2) is 5.84. The summed E-state index contributed by atoms with van der Waals surface area (Å²) < 4.78 is 0. The zero-order chi connectivity index (χ0) is 14.8. The minimum Gasteiger partial charge on any atom is -0.352 e. The van der Waals surface area contributed by atoms with Gasteiger partial charge in [0.05, 0.1) is 11.6 Å². The molecule has 2 aromatic heterocycles. The maximum Gasteiger partial charge on any atom is 0.129 e. The normalized spacial score (nSPS) is 12.5. The van der Waals surface area contributed by atoms with E-state index in [1.165, 1.54) is 4.88 Å². The molecule has 0 aliphatic rings. The van der Waals surface area contributed by atoms with Crippen molar-refractivity contribution < 1.29 is 0 Å². The third-order valence-electron chi connectivity index (χ3n) is 3.91. The van der Waals surface area contributed by atoms with Crippen LogP contribution in [0, 0.1) is 0 Å². The van der Waals surface area contributed by atoms with Gasteiger partial charge in [0.2, 0.25) is 0 Å².